The average Bonchev–Trinajstić information content (AvgIpc) is 3.37. The Hall–Kier alpha value is -2.58. The van der Waals surface area contributed by atoms with Crippen LogP contribution in [0.15, 0.2) is 22.7 Å². The molecule has 1 saturated heterocycles. The summed E-state index contributed by atoms with van der Waals surface area (Å²) in [6.07, 6.45) is 7.10. The second kappa shape index (κ2) is 14.2. The van der Waals surface area contributed by atoms with Crippen molar-refractivity contribution in [3.63, 3.8) is 0 Å². The first kappa shape index (κ1) is 31.0. The summed E-state index contributed by atoms with van der Waals surface area (Å²) in [5.74, 6) is 0.255. The molecular weight excluding hydrogens is 507 g/mol. The predicted octanol–water partition coefficient (Wildman–Crippen LogP) is 8.94. The number of hydrogen-bond acceptors (Lipinski definition) is 5. The van der Waals surface area contributed by atoms with Gasteiger partial charge in [0.05, 0.1) is 11.5 Å². The number of hydrogen-bond donors (Lipinski definition) is 0. The third-order valence-corrected chi connectivity index (χ3v) is 7.09. The summed E-state index contributed by atoms with van der Waals surface area (Å²) in [6.45, 7) is 8.57. The average molecular weight is 552 g/mol. The highest BCUT2D eigenvalue weighted by Crippen LogP contribution is 2.36. The van der Waals surface area contributed by atoms with Gasteiger partial charge in [0, 0.05) is 18.7 Å². The van der Waals surface area contributed by atoms with Gasteiger partial charge in [0.15, 0.2) is 0 Å². The second-order valence-corrected chi connectivity index (χ2v) is 11.7. The largest absolute Gasteiger partial charge is 0.444 e. The molecule has 1 atom stereocenters. The molecule has 6 nitrogen and oxygen atoms in total. The lowest BCUT2D eigenvalue weighted by Gasteiger charge is -2.32. The molecule has 39 heavy (non-hydrogen) atoms. The van der Waals surface area contributed by atoms with Gasteiger partial charge < -0.3 is 14.2 Å². The van der Waals surface area contributed by atoms with E-state index >= 15 is 0 Å². The van der Waals surface area contributed by atoms with Crippen molar-refractivity contribution in [2.24, 2.45) is 0 Å². The molecule has 9 heteroatoms. The number of ether oxygens (including phenoxy) is 1. The number of likely N-dealkylation sites (tertiary alicyclic amines) is 1. The molecule has 3 rings (SSSR count). The molecule has 1 aliphatic heterocycles. The maximum atomic E-state index is 13.9. The maximum Gasteiger partial charge on any atom is 0.416 e. The van der Waals surface area contributed by atoms with Gasteiger partial charge in [0.1, 0.15) is 5.60 Å². The predicted molar refractivity (Wildman–Crippen MR) is 145 cm³/mol. The molecule has 0 saturated carbocycles. The molecule has 1 fully saturated rings. The number of unbranched alkanes of at least 4 members (excludes halogenated alkanes) is 8. The topological polar surface area (TPSA) is 68.5 Å². The Morgan fingerprint density at radius 1 is 1.05 bits per heavy atom. The third kappa shape index (κ3) is 9.84. The summed E-state index contributed by atoms with van der Waals surface area (Å²) in [5.41, 5.74) is -0.663. The quantitative estimate of drug-likeness (QED) is 0.246. The Morgan fingerprint density at radius 3 is 2.36 bits per heavy atom. The van der Waals surface area contributed by atoms with Gasteiger partial charge in [0.25, 0.3) is 0 Å². The van der Waals surface area contributed by atoms with E-state index in [-0.39, 0.29) is 17.3 Å². The first-order valence-corrected chi connectivity index (χ1v) is 14.5. The van der Waals surface area contributed by atoms with E-state index in [1.807, 2.05) is 20.8 Å². The molecule has 1 aliphatic rings. The van der Waals surface area contributed by atoms with Gasteiger partial charge in [-0.1, -0.05) is 75.6 Å². The van der Waals surface area contributed by atoms with Gasteiger partial charge >= 0.3 is 12.3 Å². The minimum atomic E-state index is -4.46. The first-order valence-electron chi connectivity index (χ1n) is 14.5. The number of aromatic nitrogens is 2. The lowest BCUT2D eigenvalue weighted by molar-refractivity contribution is -0.138. The number of amides is 1. The molecule has 0 aliphatic carbocycles. The minimum absolute atomic E-state index is 0.125. The fourth-order valence-corrected chi connectivity index (χ4v) is 5.01. The van der Waals surface area contributed by atoms with Crippen LogP contribution in [0.5, 0.6) is 0 Å². The van der Waals surface area contributed by atoms with Gasteiger partial charge in [-0.05, 0) is 58.1 Å². The minimum Gasteiger partial charge on any atom is -0.444 e. The standard InChI is InChI=1S/C30H44F3N3O3/c1-5-6-7-8-9-10-11-12-13-15-22-17-18-23(20-25(22)30(31,32)33)26-34-27(39-35-26)24-16-14-19-36(21-24)28(37)38-29(2,3)4/h17-18,20,24H,5-16,19,21H2,1-4H3/t24-/m1/s1. The second-order valence-electron chi connectivity index (χ2n) is 11.7. The van der Waals surface area contributed by atoms with Crippen LogP contribution in [0, 0.1) is 0 Å². The van der Waals surface area contributed by atoms with Crippen LogP contribution in [0.1, 0.15) is 121 Å². The molecule has 218 valence electrons. The van der Waals surface area contributed by atoms with E-state index in [0.717, 1.165) is 44.6 Å². The number of nitrogens with zero attached hydrogens (tertiary/aromatic N) is 3. The molecule has 0 radical (unpaired) electrons. The van der Waals surface area contributed by atoms with E-state index < -0.39 is 23.4 Å². The molecule has 0 N–H and O–H groups in total. The Morgan fingerprint density at radius 2 is 1.72 bits per heavy atom. The molecule has 0 unspecified atom stereocenters. The summed E-state index contributed by atoms with van der Waals surface area (Å²) < 4.78 is 52.7. The third-order valence-electron chi connectivity index (χ3n) is 7.09. The van der Waals surface area contributed by atoms with Crippen molar-refractivity contribution < 1.29 is 27.2 Å². The maximum absolute atomic E-state index is 13.9. The van der Waals surface area contributed by atoms with E-state index in [1.165, 1.54) is 32.1 Å². The van der Waals surface area contributed by atoms with Gasteiger partial charge in [-0.25, -0.2) is 4.79 Å². The Bertz CT molecular complexity index is 1050. The van der Waals surface area contributed by atoms with Crippen LogP contribution < -0.4 is 0 Å². The molecule has 2 aromatic rings. The molecule has 1 amide bonds. The van der Waals surface area contributed by atoms with Crippen molar-refractivity contribution in [1.82, 2.24) is 15.0 Å². The highest BCUT2D eigenvalue weighted by Gasteiger charge is 2.34. The van der Waals surface area contributed by atoms with Gasteiger partial charge in [-0.15, -0.1) is 0 Å². The summed E-state index contributed by atoms with van der Waals surface area (Å²) >= 11 is 0. The fraction of sp³-hybridized carbons (Fsp3) is 0.700. The van der Waals surface area contributed by atoms with Gasteiger partial charge in [0.2, 0.25) is 11.7 Å². The smallest absolute Gasteiger partial charge is 0.416 e. The van der Waals surface area contributed by atoms with Crippen molar-refractivity contribution in [3.8, 4) is 11.4 Å². The van der Waals surface area contributed by atoms with E-state index in [9.17, 15) is 18.0 Å². The Labute approximate surface area is 230 Å². The molecule has 1 aromatic carbocycles. The van der Waals surface area contributed by atoms with Crippen molar-refractivity contribution in [2.45, 2.75) is 122 Å². The van der Waals surface area contributed by atoms with Crippen LogP contribution in [-0.2, 0) is 17.3 Å². The number of carbonyl (C=O) groups is 1. The van der Waals surface area contributed by atoms with E-state index in [0.29, 0.717) is 31.0 Å². The van der Waals surface area contributed by atoms with E-state index in [1.54, 1.807) is 17.0 Å². The van der Waals surface area contributed by atoms with Crippen LogP contribution in [0.4, 0.5) is 18.0 Å². The Kier molecular flexibility index (Phi) is 11.2. The number of piperidine rings is 1. The SMILES string of the molecule is CCCCCCCCCCCc1ccc(-c2noc([C@@H]3CCCN(C(=O)OC(C)(C)C)C3)n2)cc1C(F)(F)F. The van der Waals surface area contributed by atoms with Crippen LogP contribution in [0.2, 0.25) is 0 Å². The summed E-state index contributed by atoms with van der Waals surface area (Å²) in [6, 6.07) is 4.32. The molecular formula is C30H44F3N3O3. The number of alkyl halides is 3. The van der Waals surface area contributed by atoms with Crippen molar-refractivity contribution in [2.75, 3.05) is 13.1 Å². The number of halogens is 3. The highest BCUT2D eigenvalue weighted by atomic mass is 19.4. The van der Waals surface area contributed by atoms with Gasteiger partial charge in [-0.2, -0.15) is 18.2 Å². The van der Waals surface area contributed by atoms with E-state index in [4.69, 9.17) is 9.26 Å². The van der Waals surface area contributed by atoms with Crippen LogP contribution >= 0.6 is 0 Å². The summed E-state index contributed by atoms with van der Waals surface area (Å²) in [4.78, 5) is 18.5. The summed E-state index contributed by atoms with van der Waals surface area (Å²) in [5, 5.41) is 3.98. The lowest BCUT2D eigenvalue weighted by Crippen LogP contribution is -2.42. The molecule has 2 heterocycles. The Balaban J connectivity index is 1.61. The number of benzene rings is 1. The van der Waals surface area contributed by atoms with Crippen molar-refractivity contribution >= 4 is 6.09 Å². The highest BCUT2D eigenvalue weighted by molar-refractivity contribution is 5.68. The monoisotopic (exact) mass is 551 g/mol. The zero-order chi connectivity index (χ0) is 28.5. The van der Waals surface area contributed by atoms with Crippen LogP contribution in [-0.4, -0.2) is 39.8 Å². The van der Waals surface area contributed by atoms with E-state index in [2.05, 4.69) is 17.1 Å². The zero-order valence-corrected chi connectivity index (χ0v) is 23.9. The molecule has 1 aromatic heterocycles. The van der Waals surface area contributed by atoms with Crippen molar-refractivity contribution in [1.29, 1.82) is 0 Å². The summed E-state index contributed by atoms with van der Waals surface area (Å²) in [7, 11) is 0. The number of carbonyl (C=O) groups excluding carboxylic acids is 1. The van der Waals surface area contributed by atoms with Crippen LogP contribution in [0.25, 0.3) is 11.4 Å². The number of rotatable bonds is 12. The zero-order valence-electron chi connectivity index (χ0n) is 23.9. The van der Waals surface area contributed by atoms with Crippen molar-refractivity contribution in [3.05, 3.63) is 35.2 Å². The van der Waals surface area contributed by atoms with Crippen LogP contribution in [0.3, 0.4) is 0 Å². The first-order chi connectivity index (χ1) is 18.5. The molecule has 0 bridgehead atoms. The molecule has 0 spiro atoms. The normalized spacial score (nSPS) is 16.5. The fourth-order valence-electron chi connectivity index (χ4n) is 5.01. The number of aryl methyl sites for hydroxylation is 1. The lowest BCUT2D eigenvalue weighted by atomic mass is 9.97. The van der Waals surface area contributed by atoms with Gasteiger partial charge in [-0.3, -0.25) is 0 Å².